The molecule has 1 aliphatic heterocycles. The number of para-hydroxylation sites is 1. The van der Waals surface area contributed by atoms with Crippen molar-refractivity contribution in [1.29, 1.82) is 0 Å². The molecule has 14 heavy (non-hydrogen) atoms. The molecule has 0 saturated carbocycles. The number of hydrogen-bond donors (Lipinski definition) is 0. The zero-order chi connectivity index (χ0) is 9.97. The molecule has 76 valence electrons. The second-order valence-electron chi connectivity index (χ2n) is 3.71. The number of nitrogens with zero attached hydrogens (tertiary/aromatic N) is 1. The van der Waals surface area contributed by atoms with E-state index in [0.717, 1.165) is 19.6 Å². The normalized spacial score (nSPS) is 20.7. The lowest BCUT2D eigenvalue weighted by atomic mass is 9.99. The number of ether oxygens (including phenoxy) is 1. The lowest BCUT2D eigenvalue weighted by Crippen LogP contribution is -2.28. The van der Waals surface area contributed by atoms with E-state index >= 15 is 0 Å². The maximum atomic E-state index is 5.73. The Labute approximate surface area is 85.5 Å². The Morgan fingerprint density at radius 2 is 2.21 bits per heavy atom. The zero-order valence-corrected chi connectivity index (χ0v) is 8.86. The van der Waals surface area contributed by atoms with Gasteiger partial charge >= 0.3 is 0 Å². The van der Waals surface area contributed by atoms with Crippen molar-refractivity contribution in [3.05, 3.63) is 29.8 Å². The summed E-state index contributed by atoms with van der Waals surface area (Å²) < 4.78 is 5.73. The van der Waals surface area contributed by atoms with Crippen LogP contribution in [0.15, 0.2) is 24.3 Å². The molecule has 0 amide bonds. The highest BCUT2D eigenvalue weighted by Crippen LogP contribution is 2.34. The third-order valence-electron chi connectivity index (χ3n) is 2.79. The van der Waals surface area contributed by atoms with E-state index in [1.807, 2.05) is 0 Å². The quantitative estimate of drug-likeness (QED) is 0.712. The number of rotatable bonds is 2. The first-order valence-electron chi connectivity index (χ1n) is 5.24. The average Bonchev–Trinajstić information content (AvgIpc) is 2.23. The standard InChI is InChI=1S/C12H17NO/c1-3-14-12-8-9-13(2)11-7-5-4-6-10(11)12/h4-7,12H,3,8-9H2,1-2H3. The van der Waals surface area contributed by atoms with E-state index in [1.165, 1.54) is 11.3 Å². The van der Waals surface area contributed by atoms with Crippen molar-refractivity contribution in [3.63, 3.8) is 0 Å². The van der Waals surface area contributed by atoms with Crippen LogP contribution in [0.3, 0.4) is 0 Å². The van der Waals surface area contributed by atoms with Crippen LogP contribution in [0.4, 0.5) is 5.69 Å². The van der Waals surface area contributed by atoms with Crippen molar-refractivity contribution in [2.75, 3.05) is 25.1 Å². The Bertz CT molecular complexity index is 311. The predicted molar refractivity (Wildman–Crippen MR) is 58.7 cm³/mol. The highest BCUT2D eigenvalue weighted by Gasteiger charge is 2.22. The van der Waals surface area contributed by atoms with Gasteiger partial charge in [0.1, 0.15) is 0 Å². The highest BCUT2D eigenvalue weighted by molar-refractivity contribution is 5.55. The third kappa shape index (κ3) is 1.62. The van der Waals surface area contributed by atoms with Gasteiger partial charge in [-0.2, -0.15) is 0 Å². The smallest absolute Gasteiger partial charge is 0.0861 e. The van der Waals surface area contributed by atoms with Crippen molar-refractivity contribution >= 4 is 5.69 Å². The van der Waals surface area contributed by atoms with E-state index in [9.17, 15) is 0 Å². The molecule has 1 heterocycles. The second kappa shape index (κ2) is 4.01. The minimum absolute atomic E-state index is 0.299. The summed E-state index contributed by atoms with van der Waals surface area (Å²) in [5.41, 5.74) is 2.65. The van der Waals surface area contributed by atoms with Crippen molar-refractivity contribution in [1.82, 2.24) is 0 Å². The van der Waals surface area contributed by atoms with Gasteiger partial charge in [0.25, 0.3) is 0 Å². The van der Waals surface area contributed by atoms with Gasteiger partial charge in [0.2, 0.25) is 0 Å². The Balaban J connectivity index is 2.31. The van der Waals surface area contributed by atoms with Crippen LogP contribution in [0.1, 0.15) is 25.0 Å². The molecule has 1 unspecified atom stereocenters. The lowest BCUT2D eigenvalue weighted by molar-refractivity contribution is 0.0551. The second-order valence-corrected chi connectivity index (χ2v) is 3.71. The van der Waals surface area contributed by atoms with Crippen molar-refractivity contribution in [2.45, 2.75) is 19.4 Å². The Morgan fingerprint density at radius 1 is 1.43 bits per heavy atom. The fourth-order valence-electron chi connectivity index (χ4n) is 2.07. The summed E-state index contributed by atoms with van der Waals surface area (Å²) in [6.45, 7) is 3.94. The van der Waals surface area contributed by atoms with Crippen molar-refractivity contribution in [2.24, 2.45) is 0 Å². The molecule has 0 saturated heterocycles. The molecule has 0 spiro atoms. The summed E-state index contributed by atoms with van der Waals surface area (Å²) in [7, 11) is 2.14. The summed E-state index contributed by atoms with van der Waals surface area (Å²) >= 11 is 0. The lowest BCUT2D eigenvalue weighted by Gasteiger charge is -2.32. The molecule has 1 aliphatic rings. The molecule has 0 aliphatic carbocycles. The molecule has 0 bridgehead atoms. The van der Waals surface area contributed by atoms with Gasteiger partial charge < -0.3 is 9.64 Å². The zero-order valence-electron chi connectivity index (χ0n) is 8.86. The minimum atomic E-state index is 0.299. The molecule has 1 aromatic rings. The molecule has 2 rings (SSSR count). The van der Waals surface area contributed by atoms with E-state index in [-0.39, 0.29) is 0 Å². The van der Waals surface area contributed by atoms with Gasteiger partial charge in [-0.25, -0.2) is 0 Å². The van der Waals surface area contributed by atoms with E-state index in [4.69, 9.17) is 4.74 Å². The molecule has 0 N–H and O–H groups in total. The first-order valence-corrected chi connectivity index (χ1v) is 5.24. The van der Waals surface area contributed by atoms with Crippen LogP contribution >= 0.6 is 0 Å². The van der Waals surface area contributed by atoms with Crippen LogP contribution in [0.2, 0.25) is 0 Å². The largest absolute Gasteiger partial charge is 0.374 e. The first-order chi connectivity index (χ1) is 6.83. The topological polar surface area (TPSA) is 12.5 Å². The fourth-order valence-corrected chi connectivity index (χ4v) is 2.07. The number of benzene rings is 1. The molecular formula is C12H17NO. The number of fused-ring (bicyclic) bond motifs is 1. The average molecular weight is 191 g/mol. The van der Waals surface area contributed by atoms with E-state index in [2.05, 4.69) is 43.1 Å². The SMILES string of the molecule is CCOC1CCN(C)c2ccccc21. The maximum absolute atomic E-state index is 5.73. The summed E-state index contributed by atoms with van der Waals surface area (Å²) in [6, 6.07) is 8.51. The molecular weight excluding hydrogens is 174 g/mol. The van der Waals surface area contributed by atoms with E-state index < -0.39 is 0 Å². The molecule has 2 heteroatoms. The van der Waals surface area contributed by atoms with Gasteiger partial charge in [-0.1, -0.05) is 18.2 Å². The van der Waals surface area contributed by atoms with E-state index in [1.54, 1.807) is 0 Å². The van der Waals surface area contributed by atoms with Gasteiger partial charge in [0.05, 0.1) is 6.10 Å². The summed E-state index contributed by atoms with van der Waals surface area (Å²) in [5, 5.41) is 0. The molecule has 1 atom stereocenters. The van der Waals surface area contributed by atoms with Gasteiger partial charge in [0.15, 0.2) is 0 Å². The Kier molecular flexibility index (Phi) is 2.73. The summed E-state index contributed by atoms with van der Waals surface area (Å²) in [4.78, 5) is 2.30. The first kappa shape index (κ1) is 9.53. The fraction of sp³-hybridized carbons (Fsp3) is 0.500. The third-order valence-corrected chi connectivity index (χ3v) is 2.79. The van der Waals surface area contributed by atoms with Gasteiger partial charge in [-0.3, -0.25) is 0 Å². The summed E-state index contributed by atoms with van der Waals surface area (Å²) in [5.74, 6) is 0. The number of anilines is 1. The van der Waals surface area contributed by atoms with Crippen LogP contribution in [0.5, 0.6) is 0 Å². The number of hydrogen-bond acceptors (Lipinski definition) is 2. The molecule has 2 nitrogen and oxygen atoms in total. The predicted octanol–water partition coefficient (Wildman–Crippen LogP) is 2.60. The molecule has 1 aromatic carbocycles. The maximum Gasteiger partial charge on any atom is 0.0861 e. The van der Waals surface area contributed by atoms with Crippen LogP contribution in [-0.4, -0.2) is 20.2 Å². The van der Waals surface area contributed by atoms with Crippen molar-refractivity contribution < 1.29 is 4.74 Å². The van der Waals surface area contributed by atoms with Crippen LogP contribution in [0.25, 0.3) is 0 Å². The van der Waals surface area contributed by atoms with E-state index in [0.29, 0.717) is 6.10 Å². The van der Waals surface area contributed by atoms with Crippen LogP contribution in [0, 0.1) is 0 Å². The monoisotopic (exact) mass is 191 g/mol. The van der Waals surface area contributed by atoms with Gasteiger partial charge in [-0.05, 0) is 19.4 Å². The summed E-state index contributed by atoms with van der Waals surface area (Å²) in [6.07, 6.45) is 1.40. The minimum Gasteiger partial charge on any atom is -0.374 e. The van der Waals surface area contributed by atoms with Gasteiger partial charge in [-0.15, -0.1) is 0 Å². The van der Waals surface area contributed by atoms with Crippen molar-refractivity contribution in [3.8, 4) is 0 Å². The van der Waals surface area contributed by atoms with Gasteiger partial charge in [0, 0.05) is 31.5 Å². The highest BCUT2D eigenvalue weighted by atomic mass is 16.5. The molecule has 0 fully saturated rings. The Hall–Kier alpha value is -1.02. The molecule has 0 aromatic heterocycles. The van der Waals surface area contributed by atoms with Crippen LogP contribution < -0.4 is 4.90 Å². The van der Waals surface area contributed by atoms with Crippen LogP contribution in [-0.2, 0) is 4.74 Å². The molecule has 0 radical (unpaired) electrons. The Morgan fingerprint density at radius 3 is 3.00 bits per heavy atom.